The lowest BCUT2D eigenvalue weighted by molar-refractivity contribution is 0.470. The third-order valence-corrected chi connectivity index (χ3v) is 6.11. The molecule has 1 atom stereocenters. The molecular formula is C19H18IN5. The summed E-state index contributed by atoms with van der Waals surface area (Å²) < 4.78 is 2.35. The van der Waals surface area contributed by atoms with Gasteiger partial charge in [0.15, 0.2) is 0 Å². The average molecular weight is 443 g/mol. The molecule has 4 aromatic rings. The fourth-order valence-corrected chi connectivity index (χ4v) is 4.55. The SMILES string of the molecule is Nc1ccc2[nH]c(-c3ccc4nc([C@@H]5CCCN5I)[nH]c4c3)cc2c1. The normalized spacial score (nSPS) is 18.5. The van der Waals surface area contributed by atoms with Gasteiger partial charge in [-0.25, -0.2) is 8.10 Å². The number of H-pyrrole nitrogens is 2. The molecule has 0 radical (unpaired) electrons. The molecule has 0 aliphatic carbocycles. The number of aromatic nitrogens is 3. The van der Waals surface area contributed by atoms with Gasteiger partial charge in [-0.05, 0) is 49.2 Å². The molecule has 5 rings (SSSR count). The molecule has 0 amide bonds. The zero-order valence-corrected chi connectivity index (χ0v) is 15.7. The molecule has 1 saturated heterocycles. The van der Waals surface area contributed by atoms with E-state index in [4.69, 9.17) is 10.7 Å². The lowest BCUT2D eigenvalue weighted by Gasteiger charge is -2.13. The molecule has 0 bridgehead atoms. The molecule has 0 saturated carbocycles. The van der Waals surface area contributed by atoms with Crippen LogP contribution in [0.3, 0.4) is 0 Å². The Morgan fingerprint density at radius 1 is 1.08 bits per heavy atom. The number of hydrogen-bond donors (Lipinski definition) is 3. The molecule has 4 N–H and O–H groups in total. The van der Waals surface area contributed by atoms with Crippen molar-refractivity contribution in [1.29, 1.82) is 0 Å². The predicted molar refractivity (Wildman–Crippen MR) is 110 cm³/mol. The van der Waals surface area contributed by atoms with E-state index in [1.165, 1.54) is 12.8 Å². The monoisotopic (exact) mass is 443 g/mol. The fraction of sp³-hybridized carbons (Fsp3) is 0.211. The van der Waals surface area contributed by atoms with E-state index in [1.807, 2.05) is 18.2 Å². The molecule has 2 aromatic carbocycles. The second-order valence-electron chi connectivity index (χ2n) is 6.66. The van der Waals surface area contributed by atoms with Crippen molar-refractivity contribution >= 4 is 50.5 Å². The Morgan fingerprint density at radius 2 is 2.00 bits per heavy atom. The molecule has 1 fully saturated rings. The second-order valence-corrected chi connectivity index (χ2v) is 7.90. The summed E-state index contributed by atoms with van der Waals surface area (Å²) in [7, 11) is 0. The molecule has 5 nitrogen and oxygen atoms in total. The highest BCUT2D eigenvalue weighted by atomic mass is 127. The van der Waals surface area contributed by atoms with Gasteiger partial charge < -0.3 is 15.7 Å². The van der Waals surface area contributed by atoms with Crippen molar-refractivity contribution in [2.45, 2.75) is 18.9 Å². The maximum atomic E-state index is 5.89. The molecule has 1 aliphatic rings. The highest BCUT2D eigenvalue weighted by Gasteiger charge is 2.26. The summed E-state index contributed by atoms with van der Waals surface area (Å²) in [5.41, 5.74) is 12.1. The van der Waals surface area contributed by atoms with Crippen LogP contribution in [0, 0.1) is 0 Å². The minimum Gasteiger partial charge on any atom is -0.399 e. The Morgan fingerprint density at radius 3 is 2.84 bits per heavy atom. The van der Waals surface area contributed by atoms with E-state index in [9.17, 15) is 0 Å². The first-order valence-corrected chi connectivity index (χ1v) is 9.44. The molecular weight excluding hydrogens is 425 g/mol. The van der Waals surface area contributed by atoms with Gasteiger partial charge in [0, 0.05) is 57.3 Å². The standard InChI is InChI=1S/C19H18IN5/c20-25-7-1-2-18(25)19-23-15-5-3-11(9-17(15)24-19)16-10-12-8-13(21)4-6-14(12)22-16/h3-6,8-10,18,22H,1-2,7,21H2,(H,23,24)/t18-/m0/s1. The van der Waals surface area contributed by atoms with Gasteiger partial charge in [0.05, 0.1) is 17.1 Å². The Balaban J connectivity index is 1.57. The number of nitrogens with one attached hydrogen (secondary N) is 2. The summed E-state index contributed by atoms with van der Waals surface area (Å²) >= 11 is 2.41. The minimum absolute atomic E-state index is 0.396. The van der Waals surface area contributed by atoms with E-state index in [1.54, 1.807) is 0 Å². The number of nitrogens with zero attached hydrogens (tertiary/aromatic N) is 2. The van der Waals surface area contributed by atoms with E-state index >= 15 is 0 Å². The number of nitrogen functional groups attached to an aromatic ring is 1. The lowest BCUT2D eigenvalue weighted by atomic mass is 10.1. The maximum Gasteiger partial charge on any atom is 0.125 e. The van der Waals surface area contributed by atoms with Crippen LogP contribution in [-0.4, -0.2) is 24.6 Å². The summed E-state index contributed by atoms with van der Waals surface area (Å²) in [5, 5.41) is 1.13. The van der Waals surface area contributed by atoms with Crippen molar-refractivity contribution in [3.8, 4) is 11.3 Å². The Labute approximate surface area is 159 Å². The molecule has 1 aliphatic heterocycles. The van der Waals surface area contributed by atoms with Crippen LogP contribution in [0.2, 0.25) is 0 Å². The molecule has 0 spiro atoms. The Hall–Kier alpha value is -2.06. The summed E-state index contributed by atoms with van der Waals surface area (Å²) in [6.07, 6.45) is 2.40. The first-order valence-electron chi connectivity index (χ1n) is 8.48. The van der Waals surface area contributed by atoms with Crippen molar-refractivity contribution < 1.29 is 0 Å². The minimum atomic E-state index is 0.396. The van der Waals surface area contributed by atoms with E-state index in [0.29, 0.717) is 6.04 Å². The average Bonchev–Trinajstić information content (AvgIpc) is 3.30. The van der Waals surface area contributed by atoms with E-state index in [0.717, 1.165) is 51.3 Å². The fourth-order valence-electron chi connectivity index (χ4n) is 3.66. The lowest BCUT2D eigenvalue weighted by Crippen LogP contribution is -2.11. The van der Waals surface area contributed by atoms with Gasteiger partial charge in [0.2, 0.25) is 0 Å². The van der Waals surface area contributed by atoms with Crippen LogP contribution in [0.25, 0.3) is 33.2 Å². The number of nitrogens with two attached hydrogens (primary N) is 1. The Bertz CT molecular complexity index is 1080. The van der Waals surface area contributed by atoms with Gasteiger partial charge in [0.25, 0.3) is 0 Å². The topological polar surface area (TPSA) is 73.7 Å². The number of rotatable bonds is 2. The zero-order chi connectivity index (χ0) is 17.0. The highest BCUT2D eigenvalue weighted by Crippen LogP contribution is 2.34. The van der Waals surface area contributed by atoms with Gasteiger partial charge in [-0.2, -0.15) is 0 Å². The largest absolute Gasteiger partial charge is 0.399 e. The number of aromatic amines is 2. The quantitative estimate of drug-likeness (QED) is 0.237. The van der Waals surface area contributed by atoms with Crippen molar-refractivity contribution in [3.63, 3.8) is 0 Å². The van der Waals surface area contributed by atoms with Crippen molar-refractivity contribution in [2.24, 2.45) is 0 Å². The number of halogens is 1. The molecule has 2 aromatic heterocycles. The summed E-state index contributed by atoms with van der Waals surface area (Å²) in [6, 6.07) is 14.9. The van der Waals surface area contributed by atoms with Crippen LogP contribution in [0.1, 0.15) is 24.7 Å². The van der Waals surface area contributed by atoms with Crippen LogP contribution >= 0.6 is 22.9 Å². The predicted octanol–water partition coefficient (Wildman–Crippen LogP) is 4.78. The van der Waals surface area contributed by atoms with Gasteiger partial charge in [-0.3, -0.25) is 0 Å². The van der Waals surface area contributed by atoms with Crippen molar-refractivity contribution in [3.05, 3.63) is 48.3 Å². The van der Waals surface area contributed by atoms with Crippen LogP contribution in [0.5, 0.6) is 0 Å². The van der Waals surface area contributed by atoms with Crippen molar-refractivity contribution in [2.75, 3.05) is 12.3 Å². The zero-order valence-electron chi connectivity index (χ0n) is 13.6. The van der Waals surface area contributed by atoms with Gasteiger partial charge in [-0.15, -0.1) is 0 Å². The smallest absolute Gasteiger partial charge is 0.125 e. The van der Waals surface area contributed by atoms with Gasteiger partial charge in [0.1, 0.15) is 5.82 Å². The summed E-state index contributed by atoms with van der Waals surface area (Å²) in [5.74, 6) is 1.07. The molecule has 126 valence electrons. The van der Waals surface area contributed by atoms with E-state index in [-0.39, 0.29) is 0 Å². The van der Waals surface area contributed by atoms with Gasteiger partial charge in [-0.1, -0.05) is 6.07 Å². The number of imidazole rings is 1. The van der Waals surface area contributed by atoms with E-state index in [2.05, 4.69) is 60.2 Å². The van der Waals surface area contributed by atoms with Crippen LogP contribution in [0.4, 0.5) is 5.69 Å². The second kappa shape index (κ2) is 5.74. The number of fused-ring (bicyclic) bond motifs is 2. The van der Waals surface area contributed by atoms with Crippen molar-refractivity contribution in [1.82, 2.24) is 18.1 Å². The van der Waals surface area contributed by atoms with Gasteiger partial charge >= 0.3 is 0 Å². The molecule has 3 heterocycles. The third-order valence-electron chi connectivity index (χ3n) is 4.96. The molecule has 25 heavy (non-hydrogen) atoms. The Kier molecular flexibility index (Phi) is 3.49. The van der Waals surface area contributed by atoms with Crippen LogP contribution in [-0.2, 0) is 0 Å². The third kappa shape index (κ3) is 2.60. The van der Waals surface area contributed by atoms with Crippen LogP contribution in [0.15, 0.2) is 42.5 Å². The summed E-state index contributed by atoms with van der Waals surface area (Å²) in [4.78, 5) is 11.8. The van der Waals surface area contributed by atoms with Crippen LogP contribution < -0.4 is 5.73 Å². The molecule has 6 heteroatoms. The summed E-state index contributed by atoms with van der Waals surface area (Å²) in [6.45, 7) is 1.13. The highest BCUT2D eigenvalue weighted by molar-refractivity contribution is 14.1. The maximum absolute atomic E-state index is 5.89. The first-order chi connectivity index (χ1) is 12.2. The first kappa shape index (κ1) is 15.2. The number of hydrogen-bond acceptors (Lipinski definition) is 3. The number of anilines is 1. The van der Waals surface area contributed by atoms with E-state index < -0.39 is 0 Å². The number of benzene rings is 2. The molecule has 0 unspecified atom stereocenters.